The van der Waals surface area contributed by atoms with Crippen LogP contribution in [0.1, 0.15) is 32.9 Å². The van der Waals surface area contributed by atoms with E-state index in [0.717, 1.165) is 18.5 Å². The Labute approximate surface area is 96.0 Å². The fraction of sp³-hybridized carbons (Fsp3) is 0.636. The molecule has 1 heterocycles. The van der Waals surface area contributed by atoms with Crippen molar-refractivity contribution in [3.8, 4) is 0 Å². The lowest BCUT2D eigenvalue weighted by molar-refractivity contribution is -0.121. The monoisotopic (exact) mass is 224 g/mol. The number of hydrogen-bond donors (Lipinski definition) is 3. The Hall–Kier alpha value is -1.36. The molecule has 0 atom stereocenters. The summed E-state index contributed by atoms with van der Waals surface area (Å²) in [6.07, 6.45) is 2.00. The zero-order chi connectivity index (χ0) is 12.2. The van der Waals surface area contributed by atoms with Crippen molar-refractivity contribution in [2.45, 2.75) is 39.2 Å². The highest BCUT2D eigenvalue weighted by atomic mass is 16.2. The Morgan fingerprint density at radius 3 is 2.81 bits per heavy atom. The van der Waals surface area contributed by atoms with E-state index < -0.39 is 5.54 Å². The summed E-state index contributed by atoms with van der Waals surface area (Å²) < 4.78 is 0. The number of carbonyl (C=O) groups is 1. The van der Waals surface area contributed by atoms with E-state index in [4.69, 9.17) is 0 Å². The van der Waals surface area contributed by atoms with E-state index in [0.29, 0.717) is 5.82 Å². The van der Waals surface area contributed by atoms with E-state index in [1.807, 2.05) is 19.9 Å². The van der Waals surface area contributed by atoms with E-state index in [1.165, 1.54) is 0 Å². The average molecular weight is 224 g/mol. The predicted molar refractivity (Wildman–Crippen MR) is 64.4 cm³/mol. The SMILES string of the molecule is CCCc1cc(NC(=O)C(C)(C)NC)n[nH]1. The Morgan fingerprint density at radius 1 is 1.56 bits per heavy atom. The van der Waals surface area contributed by atoms with E-state index in [-0.39, 0.29) is 5.91 Å². The van der Waals surface area contributed by atoms with Crippen LogP contribution in [0.2, 0.25) is 0 Å². The van der Waals surface area contributed by atoms with Gasteiger partial charge in [-0.1, -0.05) is 13.3 Å². The highest BCUT2D eigenvalue weighted by Crippen LogP contribution is 2.10. The molecule has 0 fully saturated rings. The van der Waals surface area contributed by atoms with Gasteiger partial charge in [0, 0.05) is 11.8 Å². The number of aryl methyl sites for hydroxylation is 1. The van der Waals surface area contributed by atoms with Gasteiger partial charge in [0.25, 0.3) is 0 Å². The first-order valence-electron chi connectivity index (χ1n) is 5.54. The summed E-state index contributed by atoms with van der Waals surface area (Å²) >= 11 is 0. The largest absolute Gasteiger partial charge is 0.308 e. The fourth-order valence-corrected chi connectivity index (χ4v) is 1.21. The van der Waals surface area contributed by atoms with E-state index in [1.54, 1.807) is 7.05 Å². The van der Waals surface area contributed by atoms with Crippen molar-refractivity contribution in [1.82, 2.24) is 15.5 Å². The van der Waals surface area contributed by atoms with Crippen molar-refractivity contribution >= 4 is 11.7 Å². The molecule has 0 saturated heterocycles. The lowest BCUT2D eigenvalue weighted by Crippen LogP contribution is -2.47. The molecule has 0 unspecified atom stereocenters. The fourth-order valence-electron chi connectivity index (χ4n) is 1.21. The molecule has 16 heavy (non-hydrogen) atoms. The first-order valence-corrected chi connectivity index (χ1v) is 5.54. The zero-order valence-electron chi connectivity index (χ0n) is 10.3. The molecule has 0 spiro atoms. The van der Waals surface area contributed by atoms with Crippen LogP contribution in [0.3, 0.4) is 0 Å². The molecule has 0 aliphatic carbocycles. The van der Waals surface area contributed by atoms with Crippen molar-refractivity contribution in [1.29, 1.82) is 0 Å². The number of carbonyl (C=O) groups excluding carboxylic acids is 1. The number of aromatic amines is 1. The summed E-state index contributed by atoms with van der Waals surface area (Å²) in [4.78, 5) is 11.8. The molecule has 0 aromatic carbocycles. The Bertz CT molecular complexity index is 357. The maximum atomic E-state index is 11.8. The van der Waals surface area contributed by atoms with Crippen molar-refractivity contribution < 1.29 is 4.79 Å². The summed E-state index contributed by atoms with van der Waals surface area (Å²) in [6.45, 7) is 5.74. The third-order valence-electron chi connectivity index (χ3n) is 2.58. The molecule has 0 saturated carbocycles. The molecule has 1 amide bonds. The van der Waals surface area contributed by atoms with Crippen LogP contribution in [0.25, 0.3) is 0 Å². The summed E-state index contributed by atoms with van der Waals surface area (Å²) in [7, 11) is 1.76. The molecule has 5 nitrogen and oxygen atoms in total. The van der Waals surface area contributed by atoms with Gasteiger partial charge in [-0.05, 0) is 27.3 Å². The highest BCUT2D eigenvalue weighted by Gasteiger charge is 2.25. The van der Waals surface area contributed by atoms with E-state index in [2.05, 4.69) is 27.8 Å². The van der Waals surface area contributed by atoms with E-state index in [9.17, 15) is 4.79 Å². The van der Waals surface area contributed by atoms with Gasteiger partial charge in [0.2, 0.25) is 5.91 Å². The first kappa shape index (κ1) is 12.7. The Morgan fingerprint density at radius 2 is 2.25 bits per heavy atom. The number of likely N-dealkylation sites (N-methyl/N-ethyl adjacent to an activating group) is 1. The second kappa shape index (κ2) is 5.12. The van der Waals surface area contributed by atoms with Crippen LogP contribution < -0.4 is 10.6 Å². The molecular weight excluding hydrogens is 204 g/mol. The highest BCUT2D eigenvalue weighted by molar-refractivity contribution is 5.96. The predicted octanol–water partition coefficient (Wildman–Crippen LogP) is 1.30. The quantitative estimate of drug-likeness (QED) is 0.706. The van der Waals surface area contributed by atoms with Crippen LogP contribution >= 0.6 is 0 Å². The number of nitrogens with zero attached hydrogens (tertiary/aromatic N) is 1. The van der Waals surface area contributed by atoms with Gasteiger partial charge >= 0.3 is 0 Å². The van der Waals surface area contributed by atoms with Gasteiger partial charge in [0.15, 0.2) is 5.82 Å². The van der Waals surface area contributed by atoms with Gasteiger partial charge < -0.3 is 10.6 Å². The molecule has 1 aromatic rings. The standard InChI is InChI=1S/C11H20N4O/c1-5-6-8-7-9(15-14-8)13-10(16)11(2,3)12-4/h7,12H,5-6H2,1-4H3,(H2,13,14,15,16). The number of rotatable bonds is 5. The maximum Gasteiger partial charge on any atom is 0.245 e. The number of nitrogens with one attached hydrogen (secondary N) is 3. The summed E-state index contributed by atoms with van der Waals surface area (Å²) in [6, 6.07) is 1.87. The Kier molecular flexibility index (Phi) is 4.06. The van der Waals surface area contributed by atoms with E-state index >= 15 is 0 Å². The van der Waals surface area contributed by atoms with Crippen molar-refractivity contribution in [2.75, 3.05) is 12.4 Å². The van der Waals surface area contributed by atoms with Gasteiger partial charge in [-0.3, -0.25) is 9.89 Å². The van der Waals surface area contributed by atoms with Crippen LogP contribution in [-0.4, -0.2) is 28.7 Å². The normalized spacial score (nSPS) is 11.5. The van der Waals surface area contributed by atoms with Crippen molar-refractivity contribution in [3.05, 3.63) is 11.8 Å². The van der Waals surface area contributed by atoms with Gasteiger partial charge in [-0.25, -0.2) is 0 Å². The van der Waals surface area contributed by atoms with Crippen LogP contribution in [0, 0.1) is 0 Å². The van der Waals surface area contributed by atoms with Gasteiger partial charge in [0.05, 0.1) is 5.54 Å². The molecule has 0 radical (unpaired) electrons. The minimum Gasteiger partial charge on any atom is -0.308 e. The van der Waals surface area contributed by atoms with Crippen LogP contribution in [0.4, 0.5) is 5.82 Å². The van der Waals surface area contributed by atoms with Crippen LogP contribution in [0.5, 0.6) is 0 Å². The second-order valence-corrected chi connectivity index (χ2v) is 4.36. The van der Waals surface area contributed by atoms with Crippen LogP contribution in [-0.2, 0) is 11.2 Å². The molecule has 3 N–H and O–H groups in total. The summed E-state index contributed by atoms with van der Waals surface area (Å²) in [5.74, 6) is 0.487. The number of hydrogen-bond acceptors (Lipinski definition) is 3. The zero-order valence-corrected chi connectivity index (χ0v) is 10.3. The first-order chi connectivity index (χ1) is 7.49. The smallest absolute Gasteiger partial charge is 0.245 e. The van der Waals surface area contributed by atoms with Gasteiger partial charge in [-0.15, -0.1) is 0 Å². The van der Waals surface area contributed by atoms with Gasteiger partial charge in [-0.2, -0.15) is 5.10 Å². The summed E-state index contributed by atoms with van der Waals surface area (Å²) in [5.41, 5.74) is 0.448. The molecule has 0 aliphatic rings. The molecule has 0 aliphatic heterocycles. The molecule has 1 aromatic heterocycles. The van der Waals surface area contributed by atoms with Crippen molar-refractivity contribution in [2.24, 2.45) is 0 Å². The molecule has 5 heteroatoms. The topological polar surface area (TPSA) is 69.8 Å². The molecular formula is C11H20N4O. The number of aromatic nitrogens is 2. The lowest BCUT2D eigenvalue weighted by atomic mass is 10.1. The number of anilines is 1. The molecule has 90 valence electrons. The molecule has 1 rings (SSSR count). The van der Waals surface area contributed by atoms with Crippen LogP contribution in [0.15, 0.2) is 6.07 Å². The average Bonchev–Trinajstić information content (AvgIpc) is 2.66. The third-order valence-corrected chi connectivity index (χ3v) is 2.58. The number of H-pyrrole nitrogens is 1. The minimum atomic E-state index is -0.593. The van der Waals surface area contributed by atoms with Crippen molar-refractivity contribution in [3.63, 3.8) is 0 Å². The summed E-state index contributed by atoms with van der Waals surface area (Å²) in [5, 5.41) is 12.6. The third kappa shape index (κ3) is 3.06. The lowest BCUT2D eigenvalue weighted by Gasteiger charge is -2.21. The minimum absolute atomic E-state index is 0.0930. The molecule has 0 bridgehead atoms. The Balaban J connectivity index is 2.63. The number of amides is 1. The second-order valence-electron chi connectivity index (χ2n) is 4.36. The van der Waals surface area contributed by atoms with Gasteiger partial charge in [0.1, 0.15) is 0 Å². The maximum absolute atomic E-state index is 11.8.